The van der Waals surface area contributed by atoms with Crippen LogP contribution < -0.4 is 14.3 Å². The summed E-state index contributed by atoms with van der Waals surface area (Å²) in [5.74, 6) is 1.12. The second-order valence-electron chi connectivity index (χ2n) is 5.53. The number of hydrogen-bond donors (Lipinski definition) is 0. The molecule has 1 aromatic carbocycles. The van der Waals surface area contributed by atoms with Crippen molar-refractivity contribution in [3.8, 4) is 11.5 Å². The number of thiazole rings is 1. The van der Waals surface area contributed by atoms with Crippen LogP contribution >= 0.6 is 34.3 Å². The molecule has 0 bridgehead atoms. The van der Waals surface area contributed by atoms with Gasteiger partial charge in [0.1, 0.15) is 4.21 Å². The van der Waals surface area contributed by atoms with Crippen LogP contribution in [0.15, 0.2) is 32.9 Å². The molecule has 3 aromatic rings. The fourth-order valence-corrected chi connectivity index (χ4v) is 6.30. The van der Waals surface area contributed by atoms with Crippen molar-refractivity contribution < 1.29 is 22.6 Å². The number of thiophene rings is 1. The van der Waals surface area contributed by atoms with E-state index in [4.69, 9.17) is 25.8 Å². The van der Waals surface area contributed by atoms with E-state index in [2.05, 4.69) is 4.40 Å². The Bertz CT molecular complexity index is 1150. The Morgan fingerprint density at radius 1 is 1.14 bits per heavy atom. The highest BCUT2D eigenvalue weighted by molar-refractivity contribution is 7.92. The van der Waals surface area contributed by atoms with Crippen molar-refractivity contribution >= 4 is 54.5 Å². The predicted octanol–water partition coefficient (Wildman–Crippen LogP) is 3.76. The highest BCUT2D eigenvalue weighted by atomic mass is 35.5. The molecule has 0 amide bonds. The summed E-state index contributed by atoms with van der Waals surface area (Å²) in [4.78, 5) is 0.342. The van der Waals surface area contributed by atoms with Crippen molar-refractivity contribution in [2.24, 2.45) is 4.40 Å². The minimum absolute atomic E-state index is 0.0986. The lowest BCUT2D eigenvalue weighted by molar-refractivity contribution is 0.139. The van der Waals surface area contributed by atoms with Crippen LogP contribution in [0.2, 0.25) is 4.34 Å². The largest absolute Gasteiger partial charge is 0.493 e. The van der Waals surface area contributed by atoms with Gasteiger partial charge in [0, 0.05) is 25.3 Å². The molecule has 28 heavy (non-hydrogen) atoms. The highest BCUT2D eigenvalue weighted by Gasteiger charge is 2.18. The normalized spacial score (nSPS) is 12.6. The Morgan fingerprint density at radius 3 is 2.46 bits per heavy atom. The second-order valence-corrected chi connectivity index (χ2v) is 10.1. The first-order valence-electron chi connectivity index (χ1n) is 8.29. The summed E-state index contributed by atoms with van der Waals surface area (Å²) in [6.45, 7) is 3.34. The molecule has 0 aliphatic carbocycles. The zero-order valence-corrected chi connectivity index (χ0v) is 18.7. The van der Waals surface area contributed by atoms with E-state index in [1.54, 1.807) is 20.3 Å². The average molecular weight is 463 g/mol. The third-order valence-corrected chi connectivity index (χ3v) is 7.97. The molecule has 0 unspecified atom stereocenters. The molecule has 0 spiro atoms. The number of ether oxygens (including phenoxy) is 3. The predicted molar refractivity (Wildman–Crippen MR) is 111 cm³/mol. The van der Waals surface area contributed by atoms with Gasteiger partial charge in [-0.3, -0.25) is 0 Å². The van der Waals surface area contributed by atoms with E-state index >= 15 is 0 Å². The van der Waals surface area contributed by atoms with Crippen molar-refractivity contribution in [1.29, 1.82) is 0 Å². The number of sulfonamides is 1. The number of nitrogens with zero attached hydrogens (tertiary/aromatic N) is 2. The molecule has 0 atom stereocenters. The van der Waals surface area contributed by atoms with Gasteiger partial charge in [0.25, 0.3) is 10.0 Å². The van der Waals surface area contributed by atoms with E-state index in [-0.39, 0.29) is 4.21 Å². The molecule has 2 heterocycles. The van der Waals surface area contributed by atoms with Gasteiger partial charge in [-0.2, -0.15) is 8.42 Å². The quantitative estimate of drug-likeness (QED) is 0.476. The molecule has 7 nitrogen and oxygen atoms in total. The van der Waals surface area contributed by atoms with Crippen LogP contribution in [-0.4, -0.2) is 40.4 Å². The third-order valence-electron chi connectivity index (χ3n) is 3.85. The molecule has 2 aromatic heterocycles. The summed E-state index contributed by atoms with van der Waals surface area (Å²) in [6.07, 6.45) is 0. The van der Waals surface area contributed by atoms with Crippen molar-refractivity contribution in [1.82, 2.24) is 4.57 Å². The van der Waals surface area contributed by atoms with Crippen molar-refractivity contribution in [2.45, 2.75) is 17.7 Å². The third kappa shape index (κ3) is 4.36. The fourth-order valence-electron chi connectivity index (χ4n) is 2.57. The van der Waals surface area contributed by atoms with E-state index in [0.717, 1.165) is 21.6 Å². The van der Waals surface area contributed by atoms with E-state index in [1.807, 2.05) is 23.6 Å². The molecule has 152 valence electrons. The van der Waals surface area contributed by atoms with Gasteiger partial charge in [-0.1, -0.05) is 22.9 Å². The maximum Gasteiger partial charge on any atom is 0.294 e. The molecule has 0 aliphatic rings. The van der Waals surface area contributed by atoms with Crippen molar-refractivity contribution in [3.63, 3.8) is 0 Å². The minimum Gasteiger partial charge on any atom is -0.493 e. The molecule has 0 N–H and O–H groups in total. The van der Waals surface area contributed by atoms with Crippen LogP contribution in [-0.2, 0) is 21.3 Å². The van der Waals surface area contributed by atoms with Crippen LogP contribution in [0.1, 0.15) is 6.92 Å². The SMILES string of the molecule is CCOCCn1/c(=N/S(=O)(=O)c2ccc(Cl)s2)sc2cc(OC)c(OC)cc21. The molecule has 0 saturated carbocycles. The Kier molecular flexibility index (Phi) is 6.66. The molecule has 11 heteroatoms. The smallest absolute Gasteiger partial charge is 0.294 e. The van der Waals surface area contributed by atoms with Gasteiger partial charge in [0.15, 0.2) is 11.5 Å². The lowest BCUT2D eigenvalue weighted by atomic mass is 10.3. The van der Waals surface area contributed by atoms with Gasteiger partial charge in [0.05, 0.1) is 35.4 Å². The van der Waals surface area contributed by atoms with Gasteiger partial charge < -0.3 is 18.8 Å². The van der Waals surface area contributed by atoms with Gasteiger partial charge in [-0.05, 0) is 19.1 Å². The lowest BCUT2D eigenvalue weighted by Gasteiger charge is -2.09. The Hall–Kier alpha value is -1.59. The van der Waals surface area contributed by atoms with Gasteiger partial charge in [-0.15, -0.1) is 15.7 Å². The first-order valence-corrected chi connectivity index (χ1v) is 11.7. The van der Waals surface area contributed by atoms with Crippen LogP contribution in [0.5, 0.6) is 11.5 Å². The molecule has 3 rings (SSSR count). The zero-order valence-electron chi connectivity index (χ0n) is 15.5. The Labute approximate surface area is 175 Å². The average Bonchev–Trinajstić information content (AvgIpc) is 3.24. The zero-order chi connectivity index (χ0) is 20.3. The Morgan fingerprint density at radius 2 is 1.86 bits per heavy atom. The molecule has 0 radical (unpaired) electrons. The maximum atomic E-state index is 12.7. The van der Waals surface area contributed by atoms with Crippen LogP contribution in [0.4, 0.5) is 0 Å². The van der Waals surface area contributed by atoms with E-state index in [9.17, 15) is 8.42 Å². The number of fused-ring (bicyclic) bond motifs is 1. The fraction of sp³-hybridized carbons (Fsp3) is 0.353. The summed E-state index contributed by atoms with van der Waals surface area (Å²) < 4.78 is 48.8. The summed E-state index contributed by atoms with van der Waals surface area (Å²) in [6, 6.07) is 6.61. The van der Waals surface area contributed by atoms with Crippen LogP contribution in [0.25, 0.3) is 10.2 Å². The van der Waals surface area contributed by atoms with Crippen LogP contribution in [0, 0.1) is 0 Å². The number of hydrogen-bond acceptors (Lipinski definition) is 7. The van der Waals surface area contributed by atoms with Gasteiger partial charge in [0.2, 0.25) is 4.80 Å². The summed E-state index contributed by atoms with van der Waals surface area (Å²) in [7, 11) is -0.775. The molecule has 0 saturated heterocycles. The number of benzene rings is 1. The molecule has 0 aliphatic heterocycles. The minimum atomic E-state index is -3.88. The van der Waals surface area contributed by atoms with Crippen LogP contribution in [0.3, 0.4) is 0 Å². The van der Waals surface area contributed by atoms with Gasteiger partial charge >= 0.3 is 0 Å². The topological polar surface area (TPSA) is 79.1 Å². The molecule has 0 fully saturated rings. The number of methoxy groups -OCH3 is 2. The van der Waals surface area contributed by atoms with Crippen molar-refractivity contribution in [3.05, 3.63) is 33.4 Å². The van der Waals surface area contributed by atoms with E-state index in [0.29, 0.717) is 40.4 Å². The number of rotatable bonds is 8. The Balaban J connectivity index is 2.20. The standard InChI is InChI=1S/C17H19ClN2O5S3/c1-4-25-8-7-20-11-9-12(23-2)13(24-3)10-14(11)26-17(20)19-28(21,22)16-6-5-15(18)27-16/h5-6,9-10H,4,7-8H2,1-3H3/b19-17-. The number of aromatic nitrogens is 1. The highest BCUT2D eigenvalue weighted by Crippen LogP contribution is 2.33. The monoisotopic (exact) mass is 462 g/mol. The first-order chi connectivity index (χ1) is 13.4. The summed E-state index contributed by atoms with van der Waals surface area (Å²) >= 11 is 8.11. The van der Waals surface area contributed by atoms with Crippen molar-refractivity contribution in [2.75, 3.05) is 27.4 Å². The van der Waals surface area contributed by atoms with Gasteiger partial charge in [-0.25, -0.2) is 0 Å². The summed E-state index contributed by atoms with van der Waals surface area (Å²) in [5.41, 5.74) is 0.792. The lowest BCUT2D eigenvalue weighted by Crippen LogP contribution is -2.19. The molecular formula is C17H19ClN2O5S3. The second kappa shape index (κ2) is 8.83. The first kappa shape index (κ1) is 21.1. The van der Waals surface area contributed by atoms with E-state index < -0.39 is 10.0 Å². The van der Waals surface area contributed by atoms with E-state index in [1.165, 1.54) is 17.4 Å². The maximum absolute atomic E-state index is 12.7. The number of halogens is 1. The summed E-state index contributed by atoms with van der Waals surface area (Å²) in [5, 5.41) is 0. The molecular weight excluding hydrogens is 444 g/mol.